The fraction of sp³-hybridized carbons (Fsp3) is 0.462. The summed E-state index contributed by atoms with van der Waals surface area (Å²) in [6.07, 6.45) is 1.45. The molecule has 3 heteroatoms. The van der Waals surface area contributed by atoms with Crippen LogP contribution < -0.4 is 5.32 Å². The number of nitrogens with one attached hydrogen (secondary N) is 1. The Labute approximate surface area is 96.8 Å². The van der Waals surface area contributed by atoms with Gasteiger partial charge in [0.05, 0.1) is 7.11 Å². The van der Waals surface area contributed by atoms with Crippen LogP contribution in [0.25, 0.3) is 0 Å². The molecule has 1 aromatic carbocycles. The van der Waals surface area contributed by atoms with Gasteiger partial charge in [0.2, 0.25) is 0 Å². The second-order valence-electron chi connectivity index (χ2n) is 4.49. The summed E-state index contributed by atoms with van der Waals surface area (Å²) in [4.78, 5) is 11.1. The lowest BCUT2D eigenvalue weighted by Crippen LogP contribution is -2.43. The number of alkyl carbamates (subject to hydrolysis) is 1. The first-order valence-corrected chi connectivity index (χ1v) is 5.43. The number of amides is 1. The zero-order chi connectivity index (χ0) is 12.0. The predicted molar refractivity (Wildman–Crippen MR) is 64.4 cm³/mol. The molecule has 1 N–H and O–H groups in total. The van der Waals surface area contributed by atoms with Gasteiger partial charge in [0.25, 0.3) is 0 Å². The molecular formula is C13H19NO2. The zero-order valence-corrected chi connectivity index (χ0v) is 10.1. The largest absolute Gasteiger partial charge is 0.453 e. The van der Waals surface area contributed by atoms with E-state index in [0.29, 0.717) is 0 Å². The molecule has 0 saturated heterocycles. The summed E-state index contributed by atoms with van der Waals surface area (Å²) in [7, 11) is 1.38. The van der Waals surface area contributed by atoms with Crippen LogP contribution in [0.4, 0.5) is 4.79 Å². The third-order valence-electron chi connectivity index (χ3n) is 2.51. The summed E-state index contributed by atoms with van der Waals surface area (Å²) >= 11 is 0. The molecule has 0 radical (unpaired) electrons. The van der Waals surface area contributed by atoms with Gasteiger partial charge in [-0.3, -0.25) is 0 Å². The Balaban J connectivity index is 2.44. The van der Waals surface area contributed by atoms with E-state index in [-0.39, 0.29) is 11.6 Å². The summed E-state index contributed by atoms with van der Waals surface area (Å²) < 4.78 is 4.59. The van der Waals surface area contributed by atoms with E-state index >= 15 is 0 Å². The van der Waals surface area contributed by atoms with Crippen molar-refractivity contribution in [2.75, 3.05) is 7.11 Å². The smallest absolute Gasteiger partial charge is 0.407 e. The molecule has 1 amide bonds. The third-order valence-corrected chi connectivity index (χ3v) is 2.51. The Morgan fingerprint density at radius 2 is 1.94 bits per heavy atom. The van der Waals surface area contributed by atoms with E-state index in [4.69, 9.17) is 0 Å². The molecule has 0 aliphatic rings. The summed E-state index contributed by atoms with van der Waals surface area (Å²) in [5, 5.41) is 2.82. The summed E-state index contributed by atoms with van der Waals surface area (Å²) in [5.74, 6) is 0. The molecule has 1 aromatic rings. The number of carbonyl (C=O) groups is 1. The number of benzene rings is 1. The Morgan fingerprint density at radius 1 is 1.31 bits per heavy atom. The van der Waals surface area contributed by atoms with Crippen molar-refractivity contribution in [2.45, 2.75) is 32.2 Å². The molecule has 1 rings (SSSR count). The predicted octanol–water partition coefficient (Wildman–Crippen LogP) is 2.75. The molecule has 0 unspecified atom stereocenters. The molecule has 0 saturated carbocycles. The first kappa shape index (κ1) is 12.6. The first-order valence-electron chi connectivity index (χ1n) is 5.43. The second kappa shape index (κ2) is 5.54. The molecule has 88 valence electrons. The maximum Gasteiger partial charge on any atom is 0.407 e. The van der Waals surface area contributed by atoms with E-state index in [1.54, 1.807) is 0 Å². The molecule has 0 heterocycles. The van der Waals surface area contributed by atoms with Crippen LogP contribution in [0, 0.1) is 0 Å². The lowest BCUT2D eigenvalue weighted by molar-refractivity contribution is 0.158. The number of aryl methyl sites for hydroxylation is 1. The molecule has 0 spiro atoms. The van der Waals surface area contributed by atoms with Crippen molar-refractivity contribution >= 4 is 6.09 Å². The van der Waals surface area contributed by atoms with Crippen molar-refractivity contribution in [3.05, 3.63) is 35.9 Å². The minimum Gasteiger partial charge on any atom is -0.453 e. The average Bonchev–Trinajstić information content (AvgIpc) is 2.27. The fourth-order valence-electron chi connectivity index (χ4n) is 1.49. The number of methoxy groups -OCH3 is 1. The van der Waals surface area contributed by atoms with Crippen LogP contribution in [0.15, 0.2) is 30.3 Å². The highest BCUT2D eigenvalue weighted by molar-refractivity contribution is 5.67. The van der Waals surface area contributed by atoms with Crippen LogP contribution in [0.1, 0.15) is 25.8 Å². The van der Waals surface area contributed by atoms with Crippen LogP contribution in [-0.4, -0.2) is 18.7 Å². The SMILES string of the molecule is COC(=O)NC(C)(C)CCc1ccccc1. The Hall–Kier alpha value is -1.51. The van der Waals surface area contributed by atoms with Gasteiger partial charge in [-0.2, -0.15) is 0 Å². The van der Waals surface area contributed by atoms with Crippen molar-refractivity contribution < 1.29 is 9.53 Å². The van der Waals surface area contributed by atoms with E-state index in [1.165, 1.54) is 12.7 Å². The van der Waals surface area contributed by atoms with Crippen molar-refractivity contribution in [3.63, 3.8) is 0 Å². The summed E-state index contributed by atoms with van der Waals surface area (Å²) in [6.45, 7) is 3.99. The van der Waals surface area contributed by atoms with Crippen LogP contribution in [0.3, 0.4) is 0 Å². The van der Waals surface area contributed by atoms with Gasteiger partial charge in [0.15, 0.2) is 0 Å². The molecule has 16 heavy (non-hydrogen) atoms. The molecule has 0 aliphatic carbocycles. The Morgan fingerprint density at radius 3 is 2.50 bits per heavy atom. The number of hydrogen-bond donors (Lipinski definition) is 1. The second-order valence-corrected chi connectivity index (χ2v) is 4.49. The van der Waals surface area contributed by atoms with Gasteiger partial charge in [-0.05, 0) is 32.3 Å². The van der Waals surface area contributed by atoms with Gasteiger partial charge < -0.3 is 10.1 Å². The first-order chi connectivity index (χ1) is 7.53. The normalized spacial score (nSPS) is 10.9. The topological polar surface area (TPSA) is 38.3 Å². The molecule has 3 nitrogen and oxygen atoms in total. The fourth-order valence-corrected chi connectivity index (χ4v) is 1.49. The number of hydrogen-bond acceptors (Lipinski definition) is 2. The number of ether oxygens (including phenoxy) is 1. The van der Waals surface area contributed by atoms with Gasteiger partial charge >= 0.3 is 6.09 Å². The monoisotopic (exact) mass is 221 g/mol. The van der Waals surface area contributed by atoms with Crippen molar-refractivity contribution in [3.8, 4) is 0 Å². The van der Waals surface area contributed by atoms with Gasteiger partial charge in [0.1, 0.15) is 0 Å². The van der Waals surface area contributed by atoms with Crippen LogP contribution >= 0.6 is 0 Å². The van der Waals surface area contributed by atoms with Crippen molar-refractivity contribution in [1.29, 1.82) is 0 Å². The lowest BCUT2D eigenvalue weighted by Gasteiger charge is -2.25. The summed E-state index contributed by atoms with van der Waals surface area (Å²) in [6, 6.07) is 10.2. The van der Waals surface area contributed by atoms with E-state index in [1.807, 2.05) is 32.0 Å². The molecule has 0 bridgehead atoms. The van der Waals surface area contributed by atoms with Gasteiger partial charge in [-0.25, -0.2) is 4.79 Å². The van der Waals surface area contributed by atoms with Crippen LogP contribution in [0.2, 0.25) is 0 Å². The van der Waals surface area contributed by atoms with E-state index in [9.17, 15) is 4.79 Å². The van der Waals surface area contributed by atoms with Gasteiger partial charge in [0, 0.05) is 5.54 Å². The number of rotatable bonds is 4. The summed E-state index contributed by atoms with van der Waals surface area (Å²) in [5.41, 5.74) is 1.03. The molecule has 0 aliphatic heterocycles. The van der Waals surface area contributed by atoms with Crippen molar-refractivity contribution in [2.24, 2.45) is 0 Å². The Bertz CT molecular complexity index is 333. The van der Waals surface area contributed by atoms with Gasteiger partial charge in [-0.15, -0.1) is 0 Å². The maximum atomic E-state index is 11.1. The van der Waals surface area contributed by atoms with Crippen LogP contribution in [0.5, 0.6) is 0 Å². The highest BCUT2D eigenvalue weighted by Crippen LogP contribution is 2.13. The molecule has 0 fully saturated rings. The molecule has 0 aromatic heterocycles. The Kier molecular flexibility index (Phi) is 4.35. The zero-order valence-electron chi connectivity index (χ0n) is 10.1. The minimum atomic E-state index is -0.377. The highest BCUT2D eigenvalue weighted by atomic mass is 16.5. The number of carbonyl (C=O) groups excluding carboxylic acids is 1. The molecule has 0 atom stereocenters. The van der Waals surface area contributed by atoms with E-state index in [0.717, 1.165) is 12.8 Å². The standard InChI is InChI=1S/C13H19NO2/c1-13(2,14-12(15)16-3)10-9-11-7-5-4-6-8-11/h4-8H,9-10H2,1-3H3,(H,14,15). The van der Waals surface area contributed by atoms with Crippen LogP contribution in [-0.2, 0) is 11.2 Å². The average molecular weight is 221 g/mol. The van der Waals surface area contributed by atoms with E-state index < -0.39 is 0 Å². The van der Waals surface area contributed by atoms with Crippen molar-refractivity contribution in [1.82, 2.24) is 5.32 Å². The minimum absolute atomic E-state index is 0.247. The maximum absolute atomic E-state index is 11.1. The highest BCUT2D eigenvalue weighted by Gasteiger charge is 2.20. The quantitative estimate of drug-likeness (QED) is 0.849. The molecular weight excluding hydrogens is 202 g/mol. The lowest BCUT2D eigenvalue weighted by atomic mass is 9.95. The van der Waals surface area contributed by atoms with E-state index in [2.05, 4.69) is 22.2 Å². The van der Waals surface area contributed by atoms with Gasteiger partial charge in [-0.1, -0.05) is 30.3 Å². The third kappa shape index (κ3) is 4.34.